The van der Waals surface area contributed by atoms with Crippen LogP contribution in [0.5, 0.6) is 0 Å². The number of esters is 1. The van der Waals surface area contributed by atoms with E-state index in [0.717, 1.165) is 10.4 Å². The van der Waals surface area contributed by atoms with Crippen molar-refractivity contribution in [3.8, 4) is 0 Å². The smallest absolute Gasteiger partial charge is 0.408 e. The second-order valence-corrected chi connectivity index (χ2v) is 9.31. The first kappa shape index (κ1) is 26.7. The van der Waals surface area contributed by atoms with Crippen LogP contribution in [0.4, 0.5) is 10.7 Å². The number of aromatic nitrogens is 5. The summed E-state index contributed by atoms with van der Waals surface area (Å²) < 4.78 is 10.5. The molecular weight excluding hydrogens is 518 g/mol. The highest BCUT2D eigenvalue weighted by molar-refractivity contribution is 7.09. The van der Waals surface area contributed by atoms with Gasteiger partial charge < -0.3 is 24.8 Å². The van der Waals surface area contributed by atoms with E-state index in [-0.39, 0.29) is 19.2 Å². The van der Waals surface area contributed by atoms with Crippen LogP contribution in [0.2, 0.25) is 0 Å². The van der Waals surface area contributed by atoms with Crippen molar-refractivity contribution in [2.45, 2.75) is 51.1 Å². The standard InChI is InChI=1S/C23H25N7O7S/c31-18(16(11-20(32)33)25-23(35)37-13-15-5-2-1-3-6-15)12-30-27-22(26-28-30)29-9-4-7-17(29)21(34)36-14-19-24-8-10-38-19/h1-3,5-6,8,10,16-17H,4,7,9,11-14H2,(H,25,35)(H,32,33)/t16?,17-/m1/s1. The van der Waals surface area contributed by atoms with Gasteiger partial charge in [-0.3, -0.25) is 9.59 Å². The topological polar surface area (TPSA) is 179 Å². The Hall–Kier alpha value is -4.40. The van der Waals surface area contributed by atoms with Crippen LogP contribution in [0, 0.1) is 0 Å². The Labute approximate surface area is 220 Å². The molecule has 1 fully saturated rings. The molecule has 15 heteroatoms. The molecule has 2 N–H and O–H groups in total. The van der Waals surface area contributed by atoms with Gasteiger partial charge in [-0.15, -0.1) is 16.4 Å². The van der Waals surface area contributed by atoms with Crippen LogP contribution < -0.4 is 10.2 Å². The number of aliphatic carboxylic acids is 1. The van der Waals surface area contributed by atoms with E-state index in [1.807, 2.05) is 6.07 Å². The van der Waals surface area contributed by atoms with Gasteiger partial charge in [0.2, 0.25) is 0 Å². The van der Waals surface area contributed by atoms with Crippen LogP contribution >= 0.6 is 11.3 Å². The fourth-order valence-corrected chi connectivity index (χ4v) is 4.33. The molecule has 0 radical (unpaired) electrons. The molecule has 200 valence electrons. The lowest BCUT2D eigenvalue weighted by molar-refractivity contribution is -0.146. The molecule has 0 aliphatic carbocycles. The van der Waals surface area contributed by atoms with E-state index in [4.69, 9.17) is 9.47 Å². The number of carboxylic acids is 1. The molecule has 2 aromatic heterocycles. The third-order valence-corrected chi connectivity index (χ3v) is 6.37. The lowest BCUT2D eigenvalue weighted by atomic mass is 10.1. The summed E-state index contributed by atoms with van der Waals surface area (Å²) in [6, 6.07) is 6.91. The van der Waals surface area contributed by atoms with E-state index in [9.17, 15) is 24.3 Å². The number of ketones is 1. The summed E-state index contributed by atoms with van der Waals surface area (Å²) >= 11 is 1.38. The van der Waals surface area contributed by atoms with Gasteiger partial charge in [-0.25, -0.2) is 14.6 Å². The Morgan fingerprint density at radius 2 is 1.97 bits per heavy atom. The van der Waals surface area contributed by atoms with E-state index < -0.39 is 48.9 Å². The normalized spacial score (nSPS) is 15.6. The van der Waals surface area contributed by atoms with Gasteiger partial charge in [-0.2, -0.15) is 4.80 Å². The van der Waals surface area contributed by atoms with E-state index >= 15 is 0 Å². The molecular formula is C23H25N7O7S. The number of amides is 1. The molecule has 1 aliphatic heterocycles. The average Bonchev–Trinajstić information content (AvgIpc) is 3.68. The number of carbonyl (C=O) groups excluding carboxylic acids is 3. The SMILES string of the molecule is O=C(O)CC(NC(=O)OCc1ccccc1)C(=O)Cn1nnc(N2CCC[C@@H]2C(=O)OCc2nccs2)n1. The first-order valence-corrected chi connectivity index (χ1v) is 12.6. The van der Waals surface area contributed by atoms with Gasteiger partial charge >= 0.3 is 18.0 Å². The predicted molar refractivity (Wildman–Crippen MR) is 131 cm³/mol. The molecule has 0 spiro atoms. The summed E-state index contributed by atoms with van der Waals surface area (Å²) in [6.07, 6.45) is 1.29. The summed E-state index contributed by atoms with van der Waals surface area (Å²) in [6.45, 7) is 0.0726. The molecule has 3 aromatic rings. The zero-order valence-electron chi connectivity index (χ0n) is 20.1. The van der Waals surface area contributed by atoms with E-state index in [0.29, 0.717) is 24.4 Å². The molecule has 1 unspecified atom stereocenters. The largest absolute Gasteiger partial charge is 0.481 e. The number of ether oxygens (including phenoxy) is 2. The zero-order valence-corrected chi connectivity index (χ0v) is 21.0. The van der Waals surface area contributed by atoms with Crippen LogP contribution in [0.15, 0.2) is 41.9 Å². The van der Waals surface area contributed by atoms with Gasteiger partial charge in [0.25, 0.3) is 5.95 Å². The van der Waals surface area contributed by atoms with Crippen LogP contribution in [0.25, 0.3) is 0 Å². The highest BCUT2D eigenvalue weighted by atomic mass is 32.1. The fourth-order valence-electron chi connectivity index (χ4n) is 3.80. The molecule has 1 saturated heterocycles. The lowest BCUT2D eigenvalue weighted by Gasteiger charge is -2.20. The molecule has 14 nitrogen and oxygen atoms in total. The van der Waals surface area contributed by atoms with Crippen LogP contribution in [-0.4, -0.2) is 72.7 Å². The minimum absolute atomic E-state index is 0.0437. The van der Waals surface area contributed by atoms with E-state index in [1.165, 1.54) is 11.3 Å². The number of hydrogen-bond donors (Lipinski definition) is 2. The number of hydrogen-bond acceptors (Lipinski definition) is 12. The Morgan fingerprint density at radius 3 is 2.71 bits per heavy atom. The van der Waals surface area contributed by atoms with Gasteiger partial charge in [-0.05, 0) is 23.6 Å². The Bertz CT molecular complexity index is 1250. The minimum Gasteiger partial charge on any atom is -0.481 e. The number of benzene rings is 1. The monoisotopic (exact) mass is 543 g/mol. The van der Waals surface area contributed by atoms with Crippen LogP contribution in [0.3, 0.4) is 0 Å². The first-order valence-electron chi connectivity index (χ1n) is 11.7. The van der Waals surface area contributed by atoms with Crippen molar-refractivity contribution in [3.63, 3.8) is 0 Å². The second-order valence-electron chi connectivity index (χ2n) is 8.33. The first-order chi connectivity index (χ1) is 18.4. The third-order valence-electron chi connectivity index (χ3n) is 5.61. The zero-order chi connectivity index (χ0) is 26.9. The Morgan fingerprint density at radius 1 is 1.16 bits per heavy atom. The third kappa shape index (κ3) is 7.32. The summed E-state index contributed by atoms with van der Waals surface area (Å²) in [5.41, 5.74) is 0.732. The predicted octanol–water partition coefficient (Wildman–Crippen LogP) is 1.18. The number of nitrogens with one attached hydrogen (secondary N) is 1. The lowest BCUT2D eigenvalue weighted by Crippen LogP contribution is -2.44. The number of Topliss-reactive ketones (excluding diaryl/α,β-unsaturated/α-hetero) is 1. The summed E-state index contributed by atoms with van der Waals surface area (Å²) in [7, 11) is 0. The van der Waals surface area contributed by atoms with E-state index in [1.54, 1.807) is 40.7 Å². The van der Waals surface area contributed by atoms with Crippen LogP contribution in [-0.2, 0) is 43.6 Å². The number of alkyl carbamates (subject to hydrolysis) is 1. The number of nitrogens with zero attached hydrogens (tertiary/aromatic N) is 6. The second kappa shape index (κ2) is 12.7. The average molecular weight is 544 g/mol. The molecule has 38 heavy (non-hydrogen) atoms. The van der Waals surface area contributed by atoms with Crippen molar-refractivity contribution in [2.75, 3.05) is 11.4 Å². The molecule has 3 heterocycles. The molecule has 1 aromatic carbocycles. The van der Waals surface area contributed by atoms with Gasteiger partial charge in [0.05, 0.1) is 6.42 Å². The highest BCUT2D eigenvalue weighted by Gasteiger charge is 2.35. The fraction of sp³-hybridized carbons (Fsp3) is 0.391. The van der Waals surface area contributed by atoms with Crippen LogP contribution in [0.1, 0.15) is 29.8 Å². The van der Waals surface area contributed by atoms with Crippen molar-refractivity contribution >= 4 is 41.1 Å². The summed E-state index contributed by atoms with van der Waals surface area (Å²) in [5.74, 6) is -2.25. The van der Waals surface area contributed by atoms with Crippen molar-refractivity contribution in [3.05, 3.63) is 52.5 Å². The molecule has 0 saturated carbocycles. The maximum absolute atomic E-state index is 12.8. The summed E-state index contributed by atoms with van der Waals surface area (Å²) in [4.78, 5) is 55.6. The quantitative estimate of drug-likeness (QED) is 0.312. The number of thiazole rings is 1. The molecule has 1 amide bonds. The molecule has 2 atom stereocenters. The van der Waals surface area contributed by atoms with Crippen molar-refractivity contribution < 1.29 is 33.8 Å². The number of anilines is 1. The minimum atomic E-state index is -1.37. The van der Waals surface area contributed by atoms with Crippen molar-refractivity contribution in [1.82, 2.24) is 30.5 Å². The van der Waals surface area contributed by atoms with Gasteiger partial charge in [-0.1, -0.05) is 35.4 Å². The summed E-state index contributed by atoms with van der Waals surface area (Å²) in [5, 5.41) is 26.0. The number of carbonyl (C=O) groups is 4. The highest BCUT2D eigenvalue weighted by Crippen LogP contribution is 2.23. The van der Waals surface area contributed by atoms with Gasteiger partial charge in [0.15, 0.2) is 5.78 Å². The number of rotatable bonds is 12. The number of tetrazole rings is 1. The molecule has 0 bridgehead atoms. The molecule has 4 rings (SSSR count). The van der Waals surface area contributed by atoms with Gasteiger partial charge in [0, 0.05) is 18.1 Å². The maximum Gasteiger partial charge on any atom is 0.408 e. The number of carboxylic acid groups (broad SMARTS) is 1. The Balaban J connectivity index is 1.33. The molecule has 1 aliphatic rings. The maximum atomic E-state index is 12.8. The Kier molecular flexibility index (Phi) is 8.92. The van der Waals surface area contributed by atoms with E-state index in [2.05, 4.69) is 25.7 Å². The van der Waals surface area contributed by atoms with Crippen molar-refractivity contribution in [1.29, 1.82) is 0 Å². The van der Waals surface area contributed by atoms with Gasteiger partial charge in [0.1, 0.15) is 36.8 Å². The van der Waals surface area contributed by atoms with Crippen molar-refractivity contribution in [2.24, 2.45) is 0 Å².